The smallest absolute Gasteiger partial charge is 0.224 e. The zero-order valence-electron chi connectivity index (χ0n) is 16.8. The van der Waals surface area contributed by atoms with Crippen molar-refractivity contribution in [1.29, 1.82) is 0 Å². The summed E-state index contributed by atoms with van der Waals surface area (Å²) in [5, 5.41) is 3.45. The minimum atomic E-state index is 0. The Morgan fingerprint density at radius 2 is 1.78 bits per heavy atom. The van der Waals surface area contributed by atoms with Gasteiger partial charge in [-0.3, -0.25) is 9.69 Å². The van der Waals surface area contributed by atoms with E-state index < -0.39 is 0 Å². The molecule has 0 saturated carbocycles. The van der Waals surface area contributed by atoms with Crippen LogP contribution in [0.4, 0.5) is 0 Å². The van der Waals surface area contributed by atoms with Gasteiger partial charge in [-0.25, -0.2) is 0 Å². The molecule has 0 aliphatic carbocycles. The Morgan fingerprint density at radius 3 is 2.33 bits per heavy atom. The Balaban J connectivity index is 0.00000182. The van der Waals surface area contributed by atoms with Gasteiger partial charge in [0.05, 0.1) is 0 Å². The quantitative estimate of drug-likeness (QED) is 0.797. The molecule has 27 heavy (non-hydrogen) atoms. The second kappa shape index (κ2) is 11.3. The molecule has 0 bridgehead atoms. The van der Waals surface area contributed by atoms with Gasteiger partial charge in [0.2, 0.25) is 5.91 Å². The van der Waals surface area contributed by atoms with Crippen molar-refractivity contribution in [3.63, 3.8) is 0 Å². The van der Waals surface area contributed by atoms with Gasteiger partial charge in [-0.15, -0.1) is 24.8 Å². The fourth-order valence-corrected chi connectivity index (χ4v) is 4.85. The van der Waals surface area contributed by atoms with E-state index in [4.69, 9.17) is 0 Å². The van der Waals surface area contributed by atoms with E-state index in [1.54, 1.807) is 0 Å². The summed E-state index contributed by atoms with van der Waals surface area (Å²) in [5.74, 6) is 1.30. The molecule has 1 aromatic carbocycles. The highest BCUT2D eigenvalue weighted by Crippen LogP contribution is 2.28. The molecule has 1 aromatic rings. The van der Waals surface area contributed by atoms with Crippen LogP contribution in [0, 0.1) is 11.8 Å². The second-order valence-electron chi connectivity index (χ2n) is 8.13. The van der Waals surface area contributed by atoms with Crippen LogP contribution in [0.1, 0.15) is 38.7 Å². The van der Waals surface area contributed by atoms with Crippen molar-refractivity contribution < 1.29 is 4.79 Å². The number of nitrogens with zero attached hydrogens (tertiary/aromatic N) is 2. The van der Waals surface area contributed by atoms with Crippen LogP contribution in [0.5, 0.6) is 0 Å². The molecule has 6 heteroatoms. The van der Waals surface area contributed by atoms with E-state index in [1.807, 2.05) is 7.05 Å². The van der Waals surface area contributed by atoms with Crippen LogP contribution in [0.25, 0.3) is 0 Å². The molecule has 2 aliphatic rings. The van der Waals surface area contributed by atoms with Crippen molar-refractivity contribution in [2.45, 2.75) is 51.7 Å². The number of hydrogen-bond acceptors (Lipinski definition) is 3. The summed E-state index contributed by atoms with van der Waals surface area (Å²) in [6, 6.07) is 11.4. The lowest BCUT2D eigenvalue weighted by molar-refractivity contribution is -0.136. The summed E-state index contributed by atoms with van der Waals surface area (Å²) in [5.41, 5.74) is 1.37. The van der Waals surface area contributed by atoms with Crippen LogP contribution < -0.4 is 5.32 Å². The van der Waals surface area contributed by atoms with E-state index in [0.29, 0.717) is 36.2 Å². The average Bonchev–Trinajstić information content (AvgIpc) is 3.08. The van der Waals surface area contributed by atoms with Crippen LogP contribution in [0.15, 0.2) is 30.3 Å². The predicted octanol–water partition coefficient (Wildman–Crippen LogP) is 3.59. The number of benzene rings is 1. The lowest BCUT2D eigenvalue weighted by Gasteiger charge is -2.45. The standard InChI is InChI=1S/C21H33N3O.2ClH/c1-16-13-24(15-18-8-5-4-6-9-18)14-17(2)21(16)23(3)20(25)12-19-10-7-11-22-19;;/h4-6,8-9,16-17,19,21-22H,7,10-15H2,1-3H3;2*1H. The molecule has 1 amide bonds. The molecule has 2 aliphatic heterocycles. The van der Waals surface area contributed by atoms with Gasteiger partial charge in [0.25, 0.3) is 0 Å². The minimum Gasteiger partial charge on any atom is -0.342 e. The summed E-state index contributed by atoms with van der Waals surface area (Å²) in [4.78, 5) is 17.3. The molecule has 3 unspecified atom stereocenters. The summed E-state index contributed by atoms with van der Waals surface area (Å²) in [7, 11) is 2.02. The van der Waals surface area contributed by atoms with Crippen molar-refractivity contribution in [2.75, 3.05) is 26.7 Å². The normalized spacial score (nSPS) is 28.1. The number of nitrogens with one attached hydrogen (secondary N) is 1. The van der Waals surface area contributed by atoms with Crippen LogP contribution in [-0.2, 0) is 11.3 Å². The van der Waals surface area contributed by atoms with Crippen molar-refractivity contribution in [2.24, 2.45) is 11.8 Å². The van der Waals surface area contributed by atoms with Gasteiger partial charge in [-0.1, -0.05) is 44.2 Å². The number of hydrogen-bond donors (Lipinski definition) is 1. The first-order chi connectivity index (χ1) is 12.0. The number of halogens is 2. The van der Waals surface area contributed by atoms with Gasteiger partial charge in [0, 0.05) is 45.2 Å². The Bertz CT molecular complexity index is 554. The molecule has 0 radical (unpaired) electrons. The third kappa shape index (κ3) is 6.35. The minimum absolute atomic E-state index is 0. The van der Waals surface area contributed by atoms with Crippen molar-refractivity contribution in [1.82, 2.24) is 15.1 Å². The second-order valence-corrected chi connectivity index (χ2v) is 8.13. The fourth-order valence-electron chi connectivity index (χ4n) is 4.85. The number of likely N-dealkylation sites (tertiary alicyclic amines) is 1. The van der Waals surface area contributed by atoms with Crippen LogP contribution in [0.3, 0.4) is 0 Å². The summed E-state index contributed by atoms with van der Waals surface area (Å²) in [6.45, 7) is 8.79. The molecule has 1 N–H and O–H groups in total. The van der Waals surface area contributed by atoms with Gasteiger partial charge in [0.15, 0.2) is 0 Å². The molecule has 0 spiro atoms. The molecule has 3 atom stereocenters. The Hall–Kier alpha value is -0.810. The number of amides is 1. The van der Waals surface area contributed by atoms with Crippen LogP contribution >= 0.6 is 24.8 Å². The largest absolute Gasteiger partial charge is 0.342 e. The zero-order valence-corrected chi connectivity index (χ0v) is 18.4. The van der Waals surface area contributed by atoms with Crippen molar-refractivity contribution in [3.05, 3.63) is 35.9 Å². The highest BCUT2D eigenvalue weighted by molar-refractivity contribution is 5.85. The molecule has 4 nitrogen and oxygen atoms in total. The maximum atomic E-state index is 12.7. The van der Waals surface area contributed by atoms with Crippen molar-refractivity contribution >= 4 is 30.7 Å². The Kier molecular flexibility index (Phi) is 10.1. The molecule has 2 heterocycles. The maximum absolute atomic E-state index is 12.7. The summed E-state index contributed by atoms with van der Waals surface area (Å²) < 4.78 is 0. The van der Waals surface area contributed by atoms with Crippen molar-refractivity contribution in [3.8, 4) is 0 Å². The zero-order chi connectivity index (χ0) is 17.8. The fraction of sp³-hybridized carbons (Fsp3) is 0.667. The van der Waals surface area contributed by atoms with Gasteiger partial charge in [0.1, 0.15) is 0 Å². The van der Waals surface area contributed by atoms with Gasteiger partial charge in [-0.05, 0) is 36.8 Å². The third-order valence-electron chi connectivity index (χ3n) is 5.93. The van der Waals surface area contributed by atoms with E-state index in [0.717, 1.165) is 32.6 Å². The summed E-state index contributed by atoms with van der Waals surface area (Å²) in [6.07, 6.45) is 2.99. The van der Waals surface area contributed by atoms with E-state index in [-0.39, 0.29) is 24.8 Å². The Labute approximate surface area is 176 Å². The topological polar surface area (TPSA) is 35.6 Å². The van der Waals surface area contributed by atoms with Crippen LogP contribution in [0.2, 0.25) is 0 Å². The lowest BCUT2D eigenvalue weighted by Crippen LogP contribution is -2.55. The molecule has 2 fully saturated rings. The number of rotatable bonds is 5. The molecular weight excluding hydrogens is 381 g/mol. The molecule has 2 saturated heterocycles. The first-order valence-electron chi connectivity index (χ1n) is 9.80. The van der Waals surface area contributed by atoms with Gasteiger partial charge >= 0.3 is 0 Å². The van der Waals surface area contributed by atoms with Gasteiger partial charge in [-0.2, -0.15) is 0 Å². The Morgan fingerprint density at radius 1 is 1.15 bits per heavy atom. The lowest BCUT2D eigenvalue weighted by atomic mass is 9.84. The SMILES string of the molecule is CC1CN(Cc2ccccc2)CC(C)C1N(C)C(=O)CC1CCCN1.Cl.Cl. The first kappa shape index (κ1) is 24.2. The first-order valence-corrected chi connectivity index (χ1v) is 9.80. The average molecular weight is 416 g/mol. The van der Waals surface area contributed by atoms with E-state index >= 15 is 0 Å². The van der Waals surface area contributed by atoms with E-state index in [2.05, 4.69) is 59.3 Å². The maximum Gasteiger partial charge on any atom is 0.224 e. The highest BCUT2D eigenvalue weighted by atomic mass is 35.5. The summed E-state index contributed by atoms with van der Waals surface area (Å²) >= 11 is 0. The molecule has 3 rings (SSSR count). The molecule has 154 valence electrons. The monoisotopic (exact) mass is 415 g/mol. The number of piperidine rings is 1. The number of carbonyl (C=O) groups excluding carboxylic acids is 1. The van der Waals surface area contributed by atoms with Gasteiger partial charge < -0.3 is 10.2 Å². The van der Waals surface area contributed by atoms with Crippen LogP contribution in [-0.4, -0.2) is 54.5 Å². The third-order valence-corrected chi connectivity index (χ3v) is 5.93. The molecule has 0 aromatic heterocycles. The number of carbonyl (C=O) groups is 1. The predicted molar refractivity (Wildman–Crippen MR) is 117 cm³/mol. The highest BCUT2D eigenvalue weighted by Gasteiger charge is 2.36. The van der Waals surface area contributed by atoms with E-state index in [1.165, 1.54) is 12.0 Å². The molecular formula is C21H35Cl2N3O. The van der Waals surface area contributed by atoms with E-state index in [9.17, 15) is 4.79 Å².